The van der Waals surface area contributed by atoms with Gasteiger partial charge in [0, 0.05) is 4.47 Å². The minimum absolute atomic E-state index is 0.432. The van der Waals surface area contributed by atoms with E-state index in [0.717, 1.165) is 10.0 Å². The van der Waals surface area contributed by atoms with Crippen LogP contribution >= 0.6 is 15.9 Å². The molecule has 0 saturated heterocycles. The SMILES string of the molecule is C[C@@H](C(=O)O)c1ccc(Br)cc1. The van der Waals surface area contributed by atoms with E-state index in [1.165, 1.54) is 0 Å². The number of halogens is 1. The molecule has 64 valence electrons. The predicted octanol–water partition coefficient (Wildman–Crippen LogP) is 2.64. The van der Waals surface area contributed by atoms with Gasteiger partial charge in [-0.2, -0.15) is 0 Å². The first-order chi connectivity index (χ1) is 5.61. The first kappa shape index (κ1) is 9.26. The minimum Gasteiger partial charge on any atom is -0.481 e. The van der Waals surface area contributed by atoms with Crippen LogP contribution in [0.5, 0.6) is 0 Å². The molecular formula is C9H9BrO2. The molecule has 2 nitrogen and oxygen atoms in total. The van der Waals surface area contributed by atoms with Gasteiger partial charge in [-0.05, 0) is 24.6 Å². The van der Waals surface area contributed by atoms with Gasteiger partial charge in [-0.1, -0.05) is 28.1 Å². The van der Waals surface area contributed by atoms with E-state index in [-0.39, 0.29) is 0 Å². The zero-order chi connectivity index (χ0) is 9.14. The third-order valence-corrected chi connectivity index (χ3v) is 2.27. The Balaban J connectivity index is 2.89. The number of carboxylic acid groups (broad SMARTS) is 1. The zero-order valence-electron chi connectivity index (χ0n) is 6.62. The third kappa shape index (κ3) is 2.08. The van der Waals surface area contributed by atoms with Crippen LogP contribution in [0.2, 0.25) is 0 Å². The monoisotopic (exact) mass is 228 g/mol. The maximum atomic E-state index is 10.6. The fraction of sp³-hybridized carbons (Fsp3) is 0.222. The average molecular weight is 229 g/mol. The van der Waals surface area contributed by atoms with Crippen LogP contribution in [0.1, 0.15) is 18.4 Å². The molecule has 0 bridgehead atoms. The summed E-state index contributed by atoms with van der Waals surface area (Å²) < 4.78 is 0.962. The van der Waals surface area contributed by atoms with E-state index in [2.05, 4.69) is 15.9 Å². The number of rotatable bonds is 2. The van der Waals surface area contributed by atoms with Crippen molar-refractivity contribution in [2.45, 2.75) is 12.8 Å². The van der Waals surface area contributed by atoms with E-state index >= 15 is 0 Å². The van der Waals surface area contributed by atoms with Crippen molar-refractivity contribution in [2.75, 3.05) is 0 Å². The molecule has 0 aliphatic heterocycles. The van der Waals surface area contributed by atoms with Crippen LogP contribution in [0.4, 0.5) is 0 Å². The quantitative estimate of drug-likeness (QED) is 0.846. The summed E-state index contributed by atoms with van der Waals surface area (Å²) in [7, 11) is 0. The number of aliphatic carboxylic acids is 1. The number of benzene rings is 1. The maximum absolute atomic E-state index is 10.6. The molecule has 0 saturated carbocycles. The van der Waals surface area contributed by atoms with Crippen LogP contribution in [-0.2, 0) is 4.79 Å². The third-order valence-electron chi connectivity index (χ3n) is 1.74. The summed E-state index contributed by atoms with van der Waals surface area (Å²) in [4.78, 5) is 10.6. The van der Waals surface area contributed by atoms with Crippen molar-refractivity contribution < 1.29 is 9.90 Å². The molecule has 0 radical (unpaired) electrons. The van der Waals surface area contributed by atoms with Gasteiger partial charge in [0.2, 0.25) is 0 Å². The smallest absolute Gasteiger partial charge is 0.310 e. The van der Waals surface area contributed by atoms with E-state index in [0.29, 0.717) is 0 Å². The number of hydrogen-bond acceptors (Lipinski definition) is 1. The van der Waals surface area contributed by atoms with E-state index in [1.807, 2.05) is 24.3 Å². The Morgan fingerprint density at radius 3 is 2.33 bits per heavy atom. The molecule has 0 fully saturated rings. The molecule has 0 aromatic heterocycles. The second kappa shape index (κ2) is 3.72. The molecule has 0 heterocycles. The van der Waals surface area contributed by atoms with E-state index in [1.54, 1.807) is 6.92 Å². The van der Waals surface area contributed by atoms with E-state index in [9.17, 15) is 4.79 Å². The lowest BCUT2D eigenvalue weighted by Crippen LogP contribution is -2.06. The lowest BCUT2D eigenvalue weighted by atomic mass is 10.0. The van der Waals surface area contributed by atoms with Gasteiger partial charge in [-0.3, -0.25) is 4.79 Å². The minimum atomic E-state index is -0.794. The van der Waals surface area contributed by atoms with Crippen molar-refractivity contribution in [2.24, 2.45) is 0 Å². The van der Waals surface area contributed by atoms with Gasteiger partial charge in [-0.15, -0.1) is 0 Å². The molecular weight excluding hydrogens is 220 g/mol. The summed E-state index contributed by atoms with van der Waals surface area (Å²) in [5, 5.41) is 8.69. The van der Waals surface area contributed by atoms with Crippen molar-refractivity contribution in [3.8, 4) is 0 Å². The van der Waals surface area contributed by atoms with Crippen LogP contribution < -0.4 is 0 Å². The van der Waals surface area contributed by atoms with Crippen LogP contribution in [0, 0.1) is 0 Å². The largest absolute Gasteiger partial charge is 0.481 e. The predicted molar refractivity (Wildman–Crippen MR) is 50.2 cm³/mol. The number of carbonyl (C=O) groups is 1. The van der Waals surface area contributed by atoms with Crippen LogP contribution in [-0.4, -0.2) is 11.1 Å². The van der Waals surface area contributed by atoms with Crippen LogP contribution in [0.25, 0.3) is 0 Å². The molecule has 1 aromatic carbocycles. The van der Waals surface area contributed by atoms with Crippen LogP contribution in [0.15, 0.2) is 28.7 Å². The fourth-order valence-electron chi connectivity index (χ4n) is 0.894. The molecule has 12 heavy (non-hydrogen) atoms. The molecule has 0 spiro atoms. The Hall–Kier alpha value is -0.830. The lowest BCUT2D eigenvalue weighted by molar-refractivity contribution is -0.138. The number of hydrogen-bond donors (Lipinski definition) is 1. The molecule has 1 rings (SSSR count). The van der Waals surface area contributed by atoms with Gasteiger partial charge in [0.05, 0.1) is 5.92 Å². The Morgan fingerprint density at radius 2 is 1.92 bits per heavy atom. The first-order valence-corrected chi connectivity index (χ1v) is 4.39. The topological polar surface area (TPSA) is 37.3 Å². The summed E-state index contributed by atoms with van der Waals surface area (Å²) >= 11 is 3.28. The first-order valence-electron chi connectivity index (χ1n) is 3.59. The summed E-state index contributed by atoms with van der Waals surface area (Å²) in [5.41, 5.74) is 0.825. The van der Waals surface area contributed by atoms with Crippen LogP contribution in [0.3, 0.4) is 0 Å². The second-order valence-electron chi connectivity index (χ2n) is 2.61. The normalized spacial score (nSPS) is 12.5. The molecule has 3 heteroatoms. The molecule has 0 aliphatic rings. The fourth-order valence-corrected chi connectivity index (χ4v) is 1.16. The molecule has 0 amide bonds. The Morgan fingerprint density at radius 1 is 1.42 bits per heavy atom. The Labute approximate surface area is 79.3 Å². The van der Waals surface area contributed by atoms with Crippen molar-refractivity contribution in [3.05, 3.63) is 34.3 Å². The van der Waals surface area contributed by atoms with Gasteiger partial charge < -0.3 is 5.11 Å². The molecule has 1 atom stereocenters. The van der Waals surface area contributed by atoms with E-state index < -0.39 is 11.9 Å². The van der Waals surface area contributed by atoms with Gasteiger partial charge in [0.1, 0.15) is 0 Å². The van der Waals surface area contributed by atoms with Crippen molar-refractivity contribution >= 4 is 21.9 Å². The van der Waals surface area contributed by atoms with Gasteiger partial charge in [-0.25, -0.2) is 0 Å². The zero-order valence-corrected chi connectivity index (χ0v) is 8.21. The van der Waals surface area contributed by atoms with E-state index in [4.69, 9.17) is 5.11 Å². The maximum Gasteiger partial charge on any atom is 0.310 e. The molecule has 1 N–H and O–H groups in total. The summed E-state index contributed by atoms with van der Waals surface area (Å²) in [6, 6.07) is 7.30. The average Bonchev–Trinajstić information content (AvgIpc) is 2.04. The summed E-state index contributed by atoms with van der Waals surface area (Å²) in [5.74, 6) is -1.23. The van der Waals surface area contributed by atoms with Gasteiger partial charge in [0.15, 0.2) is 0 Å². The highest BCUT2D eigenvalue weighted by Gasteiger charge is 2.12. The van der Waals surface area contributed by atoms with Gasteiger partial charge in [0.25, 0.3) is 0 Å². The van der Waals surface area contributed by atoms with Crippen molar-refractivity contribution in [3.63, 3.8) is 0 Å². The highest BCUT2D eigenvalue weighted by Crippen LogP contribution is 2.18. The highest BCUT2D eigenvalue weighted by molar-refractivity contribution is 9.10. The number of carboxylic acids is 1. The Kier molecular flexibility index (Phi) is 2.87. The molecule has 0 unspecified atom stereocenters. The standard InChI is InChI=1S/C9H9BrO2/c1-6(9(11)12)7-2-4-8(10)5-3-7/h2-6H,1H3,(H,11,12)/t6-/m1/s1. The van der Waals surface area contributed by atoms with Gasteiger partial charge >= 0.3 is 5.97 Å². The summed E-state index contributed by atoms with van der Waals surface area (Å²) in [6.45, 7) is 1.67. The molecule has 1 aromatic rings. The summed E-state index contributed by atoms with van der Waals surface area (Å²) in [6.07, 6.45) is 0. The Bertz CT molecular complexity index is 279. The highest BCUT2D eigenvalue weighted by atomic mass is 79.9. The van der Waals surface area contributed by atoms with Crippen molar-refractivity contribution in [1.29, 1.82) is 0 Å². The second-order valence-corrected chi connectivity index (χ2v) is 3.53. The van der Waals surface area contributed by atoms with Crippen molar-refractivity contribution in [1.82, 2.24) is 0 Å². The lowest BCUT2D eigenvalue weighted by Gasteiger charge is -2.05. The molecule has 0 aliphatic carbocycles.